The number of amides is 1. The van der Waals surface area contributed by atoms with Crippen LogP contribution < -0.4 is 9.47 Å². The first-order chi connectivity index (χ1) is 19.0. The summed E-state index contributed by atoms with van der Waals surface area (Å²) in [6.07, 6.45) is 0.100. The number of nitrogens with zero attached hydrogens (tertiary/aromatic N) is 1. The van der Waals surface area contributed by atoms with Gasteiger partial charge < -0.3 is 23.9 Å². The maximum atomic E-state index is 12.6. The second kappa shape index (κ2) is 12.5. The van der Waals surface area contributed by atoms with E-state index >= 15 is 0 Å². The zero-order valence-electron chi connectivity index (χ0n) is 22.4. The average molecular weight is 560 g/mol. The minimum absolute atomic E-state index is 0.107. The van der Waals surface area contributed by atoms with Crippen LogP contribution in [0.1, 0.15) is 66.3 Å². The molecule has 1 N–H and O–H groups in total. The summed E-state index contributed by atoms with van der Waals surface area (Å²) in [6.45, 7) is 1.95. The number of aliphatic carboxylic acids is 1. The van der Waals surface area contributed by atoms with E-state index in [1.54, 1.807) is 31.3 Å². The van der Waals surface area contributed by atoms with Crippen molar-refractivity contribution >= 4 is 11.9 Å². The molecule has 0 spiro atoms. The maximum Gasteiger partial charge on any atom is 0.573 e. The van der Waals surface area contributed by atoms with Crippen LogP contribution in [0.25, 0.3) is 11.3 Å². The largest absolute Gasteiger partial charge is 0.573 e. The second-order valence-electron chi connectivity index (χ2n) is 10.0. The van der Waals surface area contributed by atoms with Crippen molar-refractivity contribution in [3.63, 3.8) is 0 Å². The highest BCUT2D eigenvalue weighted by Gasteiger charge is 2.32. The molecule has 1 saturated carbocycles. The highest BCUT2D eigenvalue weighted by molar-refractivity contribution is 5.94. The number of carboxylic acid groups (broad SMARTS) is 1. The smallest absolute Gasteiger partial charge is 0.485 e. The van der Waals surface area contributed by atoms with E-state index in [0.717, 1.165) is 37.7 Å². The quantitative estimate of drug-likeness (QED) is 0.278. The van der Waals surface area contributed by atoms with Crippen molar-refractivity contribution in [1.82, 2.24) is 4.90 Å². The Balaban J connectivity index is 1.54. The van der Waals surface area contributed by atoms with Gasteiger partial charge in [-0.2, -0.15) is 0 Å². The minimum atomic E-state index is -4.76. The number of rotatable bonds is 10. The van der Waals surface area contributed by atoms with Gasteiger partial charge in [0.15, 0.2) is 0 Å². The van der Waals surface area contributed by atoms with Gasteiger partial charge in [-0.15, -0.1) is 13.2 Å². The minimum Gasteiger partial charge on any atom is -0.485 e. The lowest BCUT2D eigenvalue weighted by atomic mass is 9.82. The van der Waals surface area contributed by atoms with Gasteiger partial charge in [-0.3, -0.25) is 9.59 Å². The molecule has 1 amide bonds. The molecule has 7 nitrogen and oxygen atoms in total. The molecule has 1 unspecified atom stereocenters. The maximum absolute atomic E-state index is 12.6. The summed E-state index contributed by atoms with van der Waals surface area (Å²) >= 11 is 0. The van der Waals surface area contributed by atoms with Crippen LogP contribution in [0.5, 0.6) is 11.5 Å². The van der Waals surface area contributed by atoms with E-state index in [0.29, 0.717) is 28.4 Å². The van der Waals surface area contributed by atoms with Gasteiger partial charge in [0.05, 0.1) is 6.42 Å². The number of furan rings is 1. The van der Waals surface area contributed by atoms with Crippen molar-refractivity contribution in [3.05, 3.63) is 71.5 Å². The molecule has 0 radical (unpaired) electrons. The van der Waals surface area contributed by atoms with Crippen molar-refractivity contribution in [2.75, 3.05) is 13.6 Å². The summed E-state index contributed by atoms with van der Waals surface area (Å²) in [6, 6.07) is 14.2. The highest BCUT2D eigenvalue weighted by atomic mass is 19.4. The normalized spacial score (nSPS) is 14.9. The number of alkyl halides is 3. The van der Waals surface area contributed by atoms with E-state index in [4.69, 9.17) is 14.3 Å². The molecule has 1 aromatic heterocycles. The lowest BCUT2D eigenvalue weighted by Gasteiger charge is -2.30. The molecule has 1 aliphatic carbocycles. The Bertz CT molecular complexity index is 1290. The number of benzene rings is 2. The summed E-state index contributed by atoms with van der Waals surface area (Å²) in [5, 5.41) is 8.87. The Morgan fingerprint density at radius 2 is 1.65 bits per heavy atom. The number of aryl methyl sites for hydroxylation is 1. The Hall–Kier alpha value is -3.95. The molecule has 0 bridgehead atoms. The van der Waals surface area contributed by atoms with Crippen molar-refractivity contribution in [1.29, 1.82) is 0 Å². The standard InChI is InChI=1S/C30H32F3NO6/c1-19-25(18-26(38-19)20-8-14-24(15-9-20)40-30(31,32)33)28(21-6-4-3-5-7-21)39-23-12-10-22(11-13-23)29(37)34(2)17-16-27(35)36/h8-15,18,21,28H,3-7,16-17H2,1-2H3,(H,35,36). The predicted molar refractivity (Wildman–Crippen MR) is 141 cm³/mol. The second-order valence-corrected chi connectivity index (χ2v) is 10.0. The third-order valence-corrected chi connectivity index (χ3v) is 7.09. The lowest BCUT2D eigenvalue weighted by Crippen LogP contribution is -2.29. The number of hydrogen-bond donors (Lipinski definition) is 1. The fraction of sp³-hybridized carbons (Fsp3) is 0.400. The zero-order valence-corrected chi connectivity index (χ0v) is 22.4. The molecule has 3 aromatic rings. The molecule has 1 aliphatic rings. The van der Waals surface area contributed by atoms with Gasteiger partial charge in [0.2, 0.25) is 0 Å². The van der Waals surface area contributed by atoms with Gasteiger partial charge in [0, 0.05) is 36.2 Å². The highest BCUT2D eigenvalue weighted by Crippen LogP contribution is 2.41. The van der Waals surface area contributed by atoms with Crippen LogP contribution in [0.4, 0.5) is 13.2 Å². The van der Waals surface area contributed by atoms with E-state index in [9.17, 15) is 22.8 Å². The molecule has 0 saturated heterocycles. The number of hydrogen-bond acceptors (Lipinski definition) is 5. The van der Waals surface area contributed by atoms with E-state index < -0.39 is 12.3 Å². The third kappa shape index (κ3) is 7.58. The van der Waals surface area contributed by atoms with Gasteiger partial charge >= 0.3 is 12.3 Å². The molecule has 10 heteroatoms. The summed E-state index contributed by atoms with van der Waals surface area (Å²) in [5.74, 6) is 0.438. The SMILES string of the molecule is Cc1oc(-c2ccc(OC(F)(F)F)cc2)cc1C(Oc1ccc(C(=O)N(C)CCC(=O)O)cc1)C1CCCCC1. The number of carbonyl (C=O) groups is 2. The van der Waals surface area contributed by atoms with Crippen molar-refractivity contribution in [2.45, 2.75) is 57.9 Å². The number of halogens is 3. The van der Waals surface area contributed by atoms with Gasteiger partial charge in [-0.25, -0.2) is 0 Å². The fourth-order valence-electron chi connectivity index (χ4n) is 5.00. The van der Waals surface area contributed by atoms with Crippen molar-refractivity contribution in [2.24, 2.45) is 5.92 Å². The summed E-state index contributed by atoms with van der Waals surface area (Å²) in [4.78, 5) is 24.8. The molecule has 1 fully saturated rings. The summed E-state index contributed by atoms with van der Waals surface area (Å²) in [5.41, 5.74) is 1.90. The lowest BCUT2D eigenvalue weighted by molar-refractivity contribution is -0.274. The molecule has 0 aliphatic heterocycles. The van der Waals surface area contributed by atoms with Gasteiger partial charge in [-0.1, -0.05) is 19.3 Å². The Morgan fingerprint density at radius 1 is 1.02 bits per heavy atom. The van der Waals surface area contributed by atoms with E-state index in [1.165, 1.54) is 29.2 Å². The number of ether oxygens (including phenoxy) is 2. The fourth-order valence-corrected chi connectivity index (χ4v) is 5.00. The molecule has 214 valence electrons. The Morgan fingerprint density at radius 3 is 2.25 bits per heavy atom. The summed E-state index contributed by atoms with van der Waals surface area (Å²) in [7, 11) is 1.56. The van der Waals surface area contributed by atoms with Crippen LogP contribution in [0.15, 0.2) is 59.0 Å². The summed E-state index contributed by atoms with van der Waals surface area (Å²) < 4.78 is 54.1. The molecular weight excluding hydrogens is 527 g/mol. The molecule has 1 atom stereocenters. The predicted octanol–water partition coefficient (Wildman–Crippen LogP) is 7.40. The van der Waals surface area contributed by atoms with Crippen molar-refractivity contribution in [3.8, 4) is 22.8 Å². The Kier molecular flexibility index (Phi) is 9.07. The van der Waals surface area contributed by atoms with Crippen LogP contribution in [-0.2, 0) is 4.79 Å². The average Bonchev–Trinajstić information content (AvgIpc) is 3.31. The van der Waals surface area contributed by atoms with Crippen LogP contribution in [0.3, 0.4) is 0 Å². The molecule has 2 aromatic carbocycles. The van der Waals surface area contributed by atoms with E-state index in [2.05, 4.69) is 4.74 Å². The first-order valence-corrected chi connectivity index (χ1v) is 13.2. The Labute approximate surface area is 230 Å². The van der Waals surface area contributed by atoms with Gasteiger partial charge in [0.1, 0.15) is 29.1 Å². The van der Waals surface area contributed by atoms with Gasteiger partial charge in [-0.05, 0) is 74.4 Å². The van der Waals surface area contributed by atoms with E-state index in [-0.39, 0.29) is 36.6 Å². The number of carboxylic acids is 1. The molecular formula is C30H32F3NO6. The van der Waals surface area contributed by atoms with Crippen LogP contribution in [-0.4, -0.2) is 41.8 Å². The zero-order chi connectivity index (χ0) is 28.9. The first-order valence-electron chi connectivity index (χ1n) is 13.2. The first kappa shape index (κ1) is 29.0. The topological polar surface area (TPSA) is 89.2 Å². The van der Waals surface area contributed by atoms with Crippen LogP contribution in [0.2, 0.25) is 0 Å². The van der Waals surface area contributed by atoms with Crippen molar-refractivity contribution < 1.29 is 41.8 Å². The van der Waals surface area contributed by atoms with E-state index in [1.807, 2.05) is 13.0 Å². The molecule has 1 heterocycles. The monoisotopic (exact) mass is 559 g/mol. The molecule has 40 heavy (non-hydrogen) atoms. The number of carbonyl (C=O) groups excluding carboxylic acids is 1. The van der Waals surface area contributed by atoms with Crippen LogP contribution >= 0.6 is 0 Å². The third-order valence-electron chi connectivity index (χ3n) is 7.09. The van der Waals surface area contributed by atoms with Crippen LogP contribution in [0, 0.1) is 12.8 Å². The van der Waals surface area contributed by atoms with Gasteiger partial charge in [0.25, 0.3) is 5.91 Å². The molecule has 4 rings (SSSR count).